The van der Waals surface area contributed by atoms with Gasteiger partial charge in [0.15, 0.2) is 0 Å². The molecule has 0 unspecified atom stereocenters. The summed E-state index contributed by atoms with van der Waals surface area (Å²) in [5.41, 5.74) is 5.29. The van der Waals surface area contributed by atoms with Crippen molar-refractivity contribution in [3.63, 3.8) is 0 Å². The van der Waals surface area contributed by atoms with E-state index < -0.39 is 5.97 Å². The van der Waals surface area contributed by atoms with E-state index in [2.05, 4.69) is 12.8 Å². The van der Waals surface area contributed by atoms with Crippen LogP contribution in [0.5, 0.6) is 0 Å². The first kappa shape index (κ1) is 24.9. The molecule has 0 bridgehead atoms. The molecular formula is C16H31CuNO2-4. The molecule has 0 heterocycles. The molecule has 0 aromatic rings. The van der Waals surface area contributed by atoms with E-state index in [9.17, 15) is 4.79 Å². The van der Waals surface area contributed by atoms with Crippen molar-refractivity contribution < 1.29 is 27.0 Å². The first-order valence-corrected chi connectivity index (χ1v) is 7.16. The number of carboxylic acids is 1. The minimum Gasteiger partial charge on any atom is -0.483 e. The number of hydrogen-bond acceptors (Lipinski definition) is 2. The molecule has 1 radical (unpaired) electrons. The number of rotatable bonds is 14. The van der Waals surface area contributed by atoms with E-state index >= 15 is 0 Å². The molecule has 0 aromatic heterocycles. The van der Waals surface area contributed by atoms with Crippen LogP contribution >= 0.6 is 0 Å². The van der Waals surface area contributed by atoms with Crippen molar-refractivity contribution in [1.29, 1.82) is 0 Å². The molecule has 0 aliphatic carbocycles. The Hall–Kier alpha value is -0.0505. The topological polar surface area (TPSA) is 63.3 Å². The third-order valence-corrected chi connectivity index (χ3v) is 2.90. The van der Waals surface area contributed by atoms with Gasteiger partial charge in [0.05, 0.1) is 0 Å². The van der Waals surface area contributed by atoms with Crippen LogP contribution in [-0.4, -0.2) is 11.1 Å². The van der Waals surface area contributed by atoms with Gasteiger partial charge in [-0.1, -0.05) is 32.1 Å². The average molecular weight is 333 g/mol. The van der Waals surface area contributed by atoms with Gasteiger partial charge in [-0.05, 0) is 0 Å². The van der Waals surface area contributed by atoms with Crippen LogP contribution in [-0.2, 0) is 21.9 Å². The molecule has 0 fully saturated rings. The Morgan fingerprint density at radius 1 is 0.850 bits per heavy atom. The summed E-state index contributed by atoms with van der Waals surface area (Å²) in [7, 11) is 0. The minimum atomic E-state index is -0.688. The van der Waals surface area contributed by atoms with E-state index in [1.54, 1.807) is 6.54 Å². The summed E-state index contributed by atoms with van der Waals surface area (Å²) in [6, 6.07) is 0. The molecule has 3 N–H and O–H groups in total. The Balaban J connectivity index is -0.00000144. The van der Waals surface area contributed by atoms with Gasteiger partial charge in [-0.2, -0.15) is 25.7 Å². The van der Waals surface area contributed by atoms with Gasteiger partial charge in [0.25, 0.3) is 0 Å². The van der Waals surface area contributed by atoms with Crippen molar-refractivity contribution >= 4 is 5.97 Å². The minimum absolute atomic E-state index is 0. The summed E-state index contributed by atoms with van der Waals surface area (Å²) in [6.07, 6.45) is 16.1. The quantitative estimate of drug-likeness (QED) is 0.282. The summed E-state index contributed by atoms with van der Waals surface area (Å²) >= 11 is 0. The third kappa shape index (κ3) is 23.1. The molecule has 0 spiro atoms. The predicted octanol–water partition coefficient (Wildman–Crippen LogP) is 4.34. The fraction of sp³-hybridized carbons (Fsp3) is 0.688. The first-order chi connectivity index (χ1) is 8.77. The van der Waals surface area contributed by atoms with Crippen molar-refractivity contribution in [2.24, 2.45) is 5.73 Å². The fourth-order valence-electron chi connectivity index (χ4n) is 1.83. The zero-order valence-electron chi connectivity index (χ0n) is 12.7. The Bertz CT molecular complexity index is 189. The van der Waals surface area contributed by atoms with Crippen molar-refractivity contribution in [2.75, 3.05) is 0 Å². The van der Waals surface area contributed by atoms with Crippen LogP contribution in [0.3, 0.4) is 0 Å². The van der Waals surface area contributed by atoms with Crippen molar-refractivity contribution in [1.82, 2.24) is 0 Å². The molecule has 3 nitrogen and oxygen atoms in total. The second kappa shape index (κ2) is 21.3. The largest absolute Gasteiger partial charge is 0.483 e. The van der Waals surface area contributed by atoms with Crippen LogP contribution in [0.2, 0.25) is 0 Å². The van der Waals surface area contributed by atoms with E-state index in [0.29, 0.717) is 6.42 Å². The first-order valence-electron chi connectivity index (χ1n) is 7.16. The average Bonchev–Trinajstić information content (AvgIpc) is 2.34. The molecule has 0 aromatic carbocycles. The van der Waals surface area contributed by atoms with Crippen LogP contribution in [0.1, 0.15) is 70.6 Å². The van der Waals surface area contributed by atoms with Crippen molar-refractivity contribution in [2.45, 2.75) is 70.6 Å². The van der Waals surface area contributed by atoms with Gasteiger partial charge in [-0.3, -0.25) is 11.3 Å². The number of hydrogen-bond donors (Lipinski definition) is 2. The molecule has 4 heteroatoms. The Labute approximate surface area is 136 Å². The number of carboxylic acid groups (broad SMARTS) is 1. The van der Waals surface area contributed by atoms with Crippen LogP contribution in [0.4, 0.5) is 0 Å². The number of aliphatic carboxylic acids is 1. The standard InChI is InChI=1S/C15H28NO2.CH3.Cu/c16-14-12-10-8-6-4-2-1-3-5-7-9-11-13-15(17)18;;/h7-8,14H,1-6,9-13,16H2,(H,17,18);1H3;/q-3;-1;. The third-order valence-electron chi connectivity index (χ3n) is 2.90. The van der Waals surface area contributed by atoms with Crippen molar-refractivity contribution in [3.05, 3.63) is 26.8 Å². The van der Waals surface area contributed by atoms with E-state index in [1.807, 2.05) is 0 Å². The molecule has 0 aliphatic heterocycles. The maximum absolute atomic E-state index is 10.3. The van der Waals surface area contributed by atoms with Crippen LogP contribution in [0, 0.1) is 26.8 Å². The molecule has 0 atom stereocenters. The molecule has 0 rings (SSSR count). The predicted molar refractivity (Wildman–Crippen MR) is 81.9 cm³/mol. The van der Waals surface area contributed by atoms with Gasteiger partial charge in [0.2, 0.25) is 0 Å². The molecule has 0 aliphatic rings. The van der Waals surface area contributed by atoms with Crippen LogP contribution in [0.15, 0.2) is 0 Å². The smallest absolute Gasteiger partial charge is 0.303 e. The number of carbonyl (C=O) groups is 1. The molecule has 0 saturated carbocycles. The zero-order valence-corrected chi connectivity index (χ0v) is 13.7. The zero-order chi connectivity index (χ0) is 13.5. The summed E-state index contributed by atoms with van der Waals surface area (Å²) in [5, 5.41) is 8.46. The van der Waals surface area contributed by atoms with Gasteiger partial charge >= 0.3 is 5.97 Å². The fourth-order valence-corrected chi connectivity index (χ4v) is 1.83. The summed E-state index contributed by atoms with van der Waals surface area (Å²) in [5.74, 6) is -0.688. The maximum atomic E-state index is 10.3. The summed E-state index contributed by atoms with van der Waals surface area (Å²) in [6.45, 7) is 1.72. The van der Waals surface area contributed by atoms with E-state index in [1.165, 1.54) is 32.1 Å². The molecule has 0 saturated heterocycles. The summed E-state index contributed by atoms with van der Waals surface area (Å²) < 4.78 is 0. The molecule has 0 amide bonds. The van der Waals surface area contributed by atoms with Gasteiger partial charge in [-0.25, -0.2) is 6.42 Å². The van der Waals surface area contributed by atoms with Crippen LogP contribution < -0.4 is 5.73 Å². The second-order valence-electron chi connectivity index (χ2n) is 4.67. The van der Waals surface area contributed by atoms with E-state index in [0.717, 1.165) is 32.1 Å². The Kier molecular flexibility index (Phi) is 26.5. The molecule has 20 heavy (non-hydrogen) atoms. The second-order valence-corrected chi connectivity index (χ2v) is 4.67. The SMILES string of the molecule is N[CH-]CC[CH-]CCCCCC[CH-]CCCC(=O)O.[CH3-].[Cu]. The van der Waals surface area contributed by atoms with Gasteiger partial charge < -0.3 is 31.1 Å². The van der Waals surface area contributed by atoms with Gasteiger partial charge in [-0.15, -0.1) is 0 Å². The van der Waals surface area contributed by atoms with E-state index in [4.69, 9.17) is 10.8 Å². The van der Waals surface area contributed by atoms with Gasteiger partial charge in [0, 0.05) is 23.5 Å². The van der Waals surface area contributed by atoms with Crippen molar-refractivity contribution in [3.8, 4) is 0 Å². The normalized spacial score (nSPS) is 9.65. The number of nitrogens with two attached hydrogens (primary N) is 1. The van der Waals surface area contributed by atoms with Crippen LogP contribution in [0.25, 0.3) is 0 Å². The number of unbranched alkanes of at least 4 members (excludes halogenated alkanes) is 11. The molecular weight excluding hydrogens is 302 g/mol. The van der Waals surface area contributed by atoms with Gasteiger partial charge in [0.1, 0.15) is 0 Å². The Morgan fingerprint density at radius 2 is 1.35 bits per heavy atom. The monoisotopic (exact) mass is 332 g/mol. The summed E-state index contributed by atoms with van der Waals surface area (Å²) in [4.78, 5) is 10.3. The molecule has 127 valence electrons. The maximum Gasteiger partial charge on any atom is 0.303 e. The Morgan fingerprint density at radius 3 is 1.85 bits per heavy atom. The van der Waals surface area contributed by atoms with E-state index in [-0.39, 0.29) is 24.5 Å².